The Kier molecular flexibility index (Phi) is 14.8. The molecule has 0 radical (unpaired) electrons. The predicted octanol–water partition coefficient (Wildman–Crippen LogP) is 3.04. The molecule has 2 amide bonds. The van der Waals surface area contributed by atoms with Crippen LogP contribution in [0.1, 0.15) is 73.8 Å². The van der Waals surface area contributed by atoms with Gasteiger partial charge < -0.3 is 23.7 Å². The summed E-state index contributed by atoms with van der Waals surface area (Å²) in [7, 11) is -5.71. The molecule has 2 saturated heterocycles. The average Bonchev–Trinajstić information content (AvgIpc) is 3.99. The molecule has 0 spiro atoms. The molecule has 2 aliphatic rings. The topological polar surface area (TPSA) is 314 Å². The Labute approximate surface area is 368 Å². The van der Waals surface area contributed by atoms with Crippen LogP contribution in [-0.4, -0.2) is 122 Å². The SMILES string of the molecule is COC[C@H]1O[C@@H](n2cnc3c(=O)[nH]c(NC(=O)C(C)C)nc32)[C@H](O[Si](C)(C)C(C)(C)C)[C@@H]1NP(=O)(OCCC#N)OC[C@@H]1C[C@@H](O)[C@H](n2cnc3c(=O)[nH]c(NC(=O)C(C)C)nc32)O1. The fourth-order valence-corrected chi connectivity index (χ4v) is 9.60. The summed E-state index contributed by atoms with van der Waals surface area (Å²) in [5, 5.41) is 28.5. The predicted molar refractivity (Wildman–Crippen MR) is 232 cm³/mol. The fraction of sp³-hybridized carbons (Fsp3) is 0.658. The first-order valence-corrected chi connectivity index (χ1v) is 25.3. The van der Waals surface area contributed by atoms with E-state index in [-0.39, 0.29) is 83.7 Å². The van der Waals surface area contributed by atoms with Crippen molar-refractivity contribution < 1.29 is 46.9 Å². The van der Waals surface area contributed by atoms with Crippen molar-refractivity contribution in [3.05, 3.63) is 33.4 Å². The van der Waals surface area contributed by atoms with E-state index >= 15 is 0 Å². The molecule has 64 heavy (non-hydrogen) atoms. The minimum atomic E-state index is -4.44. The summed E-state index contributed by atoms with van der Waals surface area (Å²) in [6.07, 6.45) is -3.62. The van der Waals surface area contributed by atoms with Gasteiger partial charge in [0, 0.05) is 25.4 Å². The normalized spacial score (nSPS) is 23.8. The van der Waals surface area contributed by atoms with Gasteiger partial charge in [-0.25, -0.2) is 19.6 Å². The van der Waals surface area contributed by atoms with Gasteiger partial charge in [0.2, 0.25) is 23.7 Å². The summed E-state index contributed by atoms with van der Waals surface area (Å²) in [5.41, 5.74) is -1.21. The molecule has 6 N–H and O–H groups in total. The van der Waals surface area contributed by atoms with E-state index in [1.165, 1.54) is 28.9 Å². The third kappa shape index (κ3) is 10.5. The first-order chi connectivity index (χ1) is 30.1. The highest BCUT2D eigenvalue weighted by Crippen LogP contribution is 2.50. The van der Waals surface area contributed by atoms with Gasteiger partial charge in [-0.05, 0) is 18.1 Å². The van der Waals surface area contributed by atoms with Gasteiger partial charge in [0.05, 0.1) is 57.1 Å². The van der Waals surface area contributed by atoms with Crippen molar-refractivity contribution in [1.82, 2.24) is 44.1 Å². The quantitative estimate of drug-likeness (QED) is 0.0474. The molecule has 6 rings (SSSR count). The lowest BCUT2D eigenvalue weighted by atomic mass is 10.1. The van der Waals surface area contributed by atoms with Crippen molar-refractivity contribution in [2.45, 2.75) is 122 Å². The molecular formula is C38H57N12O12PSi. The molecule has 2 aliphatic heterocycles. The summed E-state index contributed by atoms with van der Waals surface area (Å²) in [4.78, 5) is 73.4. The Morgan fingerprint density at radius 2 is 1.50 bits per heavy atom. The van der Waals surface area contributed by atoms with Gasteiger partial charge in [0.15, 0.2) is 43.1 Å². The lowest BCUT2D eigenvalue weighted by Crippen LogP contribution is -2.52. The molecule has 4 aromatic rings. The van der Waals surface area contributed by atoms with Crippen molar-refractivity contribution in [3.63, 3.8) is 0 Å². The van der Waals surface area contributed by atoms with E-state index in [0.717, 1.165) is 0 Å². The van der Waals surface area contributed by atoms with Crippen LogP contribution in [0.2, 0.25) is 18.1 Å². The number of H-pyrrole nitrogens is 2. The number of anilines is 2. The number of methoxy groups -OCH3 is 1. The second kappa shape index (κ2) is 19.4. The van der Waals surface area contributed by atoms with Crippen LogP contribution in [0, 0.1) is 23.2 Å². The summed E-state index contributed by atoms with van der Waals surface area (Å²) in [6, 6.07) is 0.968. The summed E-state index contributed by atoms with van der Waals surface area (Å²) in [5.74, 6) is -1.77. The Morgan fingerprint density at radius 1 is 0.953 bits per heavy atom. The number of ether oxygens (including phenoxy) is 3. The molecular weight excluding hydrogens is 876 g/mol. The number of hydrogen-bond acceptors (Lipinski definition) is 17. The van der Waals surface area contributed by atoms with Gasteiger partial charge in [0.25, 0.3) is 11.1 Å². The number of carbonyl (C=O) groups excluding carboxylic acids is 2. The number of aromatic nitrogens is 8. The molecule has 350 valence electrons. The summed E-state index contributed by atoms with van der Waals surface area (Å²) < 4.78 is 55.2. The van der Waals surface area contributed by atoms with Crippen LogP contribution in [-0.2, 0) is 41.8 Å². The standard InChI is InChI=1S/C38H57N12O12PSi/c1-19(2)30(52)44-36-42-28-25(32(54)46-36)40-17-49(28)34-22(51)14-21(60-34)15-59-63(56,58-13-11-12-39)48-24-23(16-57-8)61-35(27(24)62-64(9,10)38(5,6)7)50-18-41-26-29(50)43-37(47-33(26)55)45-31(53)20(3)4/h17-24,27,34-35,51H,11,13-16H2,1-10H3,(H,48,56)(H2,42,44,46,52,54)(H2,43,45,47,53,55)/t21-,22+,23+,24+,27+,34+,35+,63?/m0/s1. The fourth-order valence-electron chi connectivity index (χ4n) is 6.71. The Hall–Kier alpha value is -4.74. The van der Waals surface area contributed by atoms with Gasteiger partial charge in [0.1, 0.15) is 18.3 Å². The Morgan fingerprint density at radius 3 is 2.00 bits per heavy atom. The third-order valence-electron chi connectivity index (χ3n) is 11.2. The van der Waals surface area contributed by atoms with Crippen LogP contribution >= 0.6 is 7.75 Å². The maximum atomic E-state index is 14.9. The van der Waals surface area contributed by atoms with Crippen LogP contribution in [0.15, 0.2) is 22.2 Å². The summed E-state index contributed by atoms with van der Waals surface area (Å²) in [6.45, 7) is 16.2. The highest BCUT2D eigenvalue weighted by molar-refractivity contribution is 7.51. The van der Waals surface area contributed by atoms with E-state index in [1.807, 2.05) is 39.9 Å². The van der Waals surface area contributed by atoms with Crippen molar-refractivity contribution in [3.8, 4) is 6.07 Å². The average molecular weight is 933 g/mol. The van der Waals surface area contributed by atoms with Gasteiger partial charge in [-0.2, -0.15) is 15.2 Å². The molecule has 0 aliphatic carbocycles. The molecule has 2 fully saturated rings. The lowest BCUT2D eigenvalue weighted by Gasteiger charge is -2.41. The molecule has 0 saturated carbocycles. The number of fused-ring (bicyclic) bond motifs is 2. The van der Waals surface area contributed by atoms with E-state index in [2.05, 4.69) is 45.6 Å². The molecule has 6 heterocycles. The second-order valence-corrected chi connectivity index (χ2v) is 24.3. The zero-order valence-electron chi connectivity index (χ0n) is 37.4. The van der Waals surface area contributed by atoms with E-state index in [9.17, 15) is 34.1 Å². The first kappa shape index (κ1) is 48.7. The van der Waals surface area contributed by atoms with Gasteiger partial charge in [-0.15, -0.1) is 0 Å². The number of rotatable bonds is 18. The number of nitriles is 1. The van der Waals surface area contributed by atoms with Crippen LogP contribution in [0.4, 0.5) is 11.9 Å². The van der Waals surface area contributed by atoms with Crippen LogP contribution in [0.3, 0.4) is 0 Å². The van der Waals surface area contributed by atoms with Crippen molar-refractivity contribution in [1.29, 1.82) is 5.26 Å². The lowest BCUT2D eigenvalue weighted by molar-refractivity contribution is -0.119. The second-order valence-electron chi connectivity index (χ2n) is 17.8. The zero-order chi connectivity index (χ0) is 46.9. The molecule has 0 bridgehead atoms. The molecule has 1 unspecified atom stereocenters. The van der Waals surface area contributed by atoms with Crippen LogP contribution in [0.25, 0.3) is 22.3 Å². The number of nitrogens with one attached hydrogen (secondary N) is 5. The van der Waals surface area contributed by atoms with Crippen molar-refractivity contribution >= 4 is 62.1 Å². The molecule has 8 atom stereocenters. The van der Waals surface area contributed by atoms with E-state index in [1.54, 1.807) is 27.7 Å². The number of imidazole rings is 2. The Bertz CT molecular complexity index is 2550. The van der Waals surface area contributed by atoms with Crippen molar-refractivity contribution in [2.75, 3.05) is 37.6 Å². The Balaban J connectivity index is 1.31. The largest absolute Gasteiger partial charge is 0.408 e. The van der Waals surface area contributed by atoms with Gasteiger partial charge in [-0.1, -0.05) is 48.5 Å². The van der Waals surface area contributed by atoms with Gasteiger partial charge >= 0.3 is 7.75 Å². The van der Waals surface area contributed by atoms with Crippen LogP contribution < -0.4 is 26.8 Å². The molecule has 26 heteroatoms. The minimum Gasteiger partial charge on any atom is -0.408 e. The van der Waals surface area contributed by atoms with Gasteiger partial charge in [-0.3, -0.25) is 58.0 Å². The number of aliphatic hydroxyl groups excluding tert-OH is 1. The maximum Gasteiger partial charge on any atom is 0.406 e. The number of aliphatic hydroxyl groups is 1. The molecule has 24 nitrogen and oxygen atoms in total. The number of hydrogen-bond donors (Lipinski definition) is 6. The summed E-state index contributed by atoms with van der Waals surface area (Å²) >= 11 is 0. The zero-order valence-corrected chi connectivity index (χ0v) is 39.3. The van der Waals surface area contributed by atoms with E-state index in [4.69, 9.17) is 27.7 Å². The van der Waals surface area contributed by atoms with E-state index in [0.29, 0.717) is 0 Å². The number of aromatic amines is 2. The maximum absolute atomic E-state index is 14.9. The first-order valence-electron chi connectivity index (χ1n) is 20.8. The van der Waals surface area contributed by atoms with Crippen LogP contribution in [0.5, 0.6) is 0 Å². The highest BCUT2D eigenvalue weighted by Gasteiger charge is 2.53. The molecule has 4 aromatic heterocycles. The smallest absolute Gasteiger partial charge is 0.406 e. The third-order valence-corrected chi connectivity index (χ3v) is 17.3. The number of carbonyl (C=O) groups is 2. The minimum absolute atomic E-state index is 0.0138. The molecule has 0 aromatic carbocycles. The number of nitrogens with zero attached hydrogens (tertiary/aromatic N) is 7. The van der Waals surface area contributed by atoms with E-state index < -0.39 is 81.9 Å². The highest BCUT2D eigenvalue weighted by atomic mass is 31.2. The van der Waals surface area contributed by atoms with Crippen molar-refractivity contribution in [2.24, 2.45) is 11.8 Å². The monoisotopic (exact) mass is 932 g/mol. The number of amides is 2.